The summed E-state index contributed by atoms with van der Waals surface area (Å²) >= 11 is 0. The summed E-state index contributed by atoms with van der Waals surface area (Å²) in [6.45, 7) is 4.40. The fourth-order valence-corrected chi connectivity index (χ4v) is 2.84. The summed E-state index contributed by atoms with van der Waals surface area (Å²) in [5.74, 6) is 0. The van der Waals surface area contributed by atoms with Crippen LogP contribution in [0.5, 0.6) is 0 Å². The molecule has 1 fully saturated rings. The Hall–Kier alpha value is -1.64. The summed E-state index contributed by atoms with van der Waals surface area (Å²) in [5.41, 5.74) is 2.78. The van der Waals surface area contributed by atoms with Crippen molar-refractivity contribution in [1.82, 2.24) is 10.2 Å². The van der Waals surface area contributed by atoms with E-state index in [0.717, 1.165) is 19.6 Å². The van der Waals surface area contributed by atoms with Crippen molar-refractivity contribution < 1.29 is 0 Å². The van der Waals surface area contributed by atoms with Crippen LogP contribution in [0.15, 0.2) is 60.7 Å². The molecule has 0 saturated carbocycles. The van der Waals surface area contributed by atoms with Gasteiger partial charge in [0.2, 0.25) is 0 Å². The van der Waals surface area contributed by atoms with Gasteiger partial charge < -0.3 is 5.32 Å². The highest BCUT2D eigenvalue weighted by Gasteiger charge is 2.21. The SMILES string of the molecule is c1ccc(CN[C@H]2CCN(Cc3ccccc3)C2)cc1. The fraction of sp³-hybridized carbons (Fsp3) is 0.333. The molecule has 0 radical (unpaired) electrons. The molecule has 104 valence electrons. The molecule has 0 aliphatic carbocycles. The average molecular weight is 266 g/mol. The second-order valence-electron chi connectivity index (χ2n) is 5.57. The molecule has 2 heteroatoms. The minimum Gasteiger partial charge on any atom is -0.309 e. The van der Waals surface area contributed by atoms with E-state index in [9.17, 15) is 0 Å². The van der Waals surface area contributed by atoms with Gasteiger partial charge in [-0.2, -0.15) is 0 Å². The Balaban J connectivity index is 1.45. The van der Waals surface area contributed by atoms with E-state index in [4.69, 9.17) is 0 Å². The Labute approximate surface area is 121 Å². The lowest BCUT2D eigenvalue weighted by molar-refractivity contribution is 0.320. The smallest absolute Gasteiger partial charge is 0.0234 e. The molecule has 1 saturated heterocycles. The Morgan fingerprint density at radius 1 is 0.900 bits per heavy atom. The molecule has 1 aliphatic heterocycles. The number of rotatable bonds is 5. The lowest BCUT2D eigenvalue weighted by atomic mass is 10.2. The molecule has 2 aromatic rings. The molecule has 3 rings (SSSR count). The van der Waals surface area contributed by atoms with Crippen LogP contribution >= 0.6 is 0 Å². The Morgan fingerprint density at radius 2 is 1.55 bits per heavy atom. The van der Waals surface area contributed by atoms with Crippen LogP contribution in [-0.2, 0) is 13.1 Å². The summed E-state index contributed by atoms with van der Waals surface area (Å²) < 4.78 is 0. The van der Waals surface area contributed by atoms with Crippen molar-refractivity contribution in [2.24, 2.45) is 0 Å². The largest absolute Gasteiger partial charge is 0.309 e. The van der Waals surface area contributed by atoms with Crippen molar-refractivity contribution in [2.45, 2.75) is 25.6 Å². The van der Waals surface area contributed by atoms with Gasteiger partial charge in [-0.1, -0.05) is 60.7 Å². The zero-order chi connectivity index (χ0) is 13.6. The van der Waals surface area contributed by atoms with Gasteiger partial charge in [-0.15, -0.1) is 0 Å². The fourth-order valence-electron chi connectivity index (χ4n) is 2.84. The van der Waals surface area contributed by atoms with Crippen LogP contribution in [0.3, 0.4) is 0 Å². The van der Waals surface area contributed by atoms with Gasteiger partial charge in [0.05, 0.1) is 0 Å². The van der Waals surface area contributed by atoms with Crippen molar-refractivity contribution in [1.29, 1.82) is 0 Å². The molecular formula is C18H22N2. The van der Waals surface area contributed by atoms with Gasteiger partial charge in [0.15, 0.2) is 0 Å². The van der Waals surface area contributed by atoms with Crippen LogP contribution in [0, 0.1) is 0 Å². The van der Waals surface area contributed by atoms with Crippen LogP contribution in [0.1, 0.15) is 17.5 Å². The summed E-state index contributed by atoms with van der Waals surface area (Å²) in [7, 11) is 0. The number of hydrogen-bond acceptors (Lipinski definition) is 2. The predicted octanol–water partition coefficient (Wildman–Crippen LogP) is 3.05. The third-order valence-corrected chi connectivity index (χ3v) is 3.96. The zero-order valence-corrected chi connectivity index (χ0v) is 11.8. The molecule has 2 aromatic carbocycles. The van der Waals surface area contributed by atoms with E-state index >= 15 is 0 Å². The molecule has 0 aromatic heterocycles. The van der Waals surface area contributed by atoms with Gasteiger partial charge in [-0.3, -0.25) is 4.90 Å². The lowest BCUT2D eigenvalue weighted by Crippen LogP contribution is -2.31. The first-order valence-corrected chi connectivity index (χ1v) is 7.44. The zero-order valence-electron chi connectivity index (χ0n) is 11.8. The van der Waals surface area contributed by atoms with E-state index < -0.39 is 0 Å². The maximum atomic E-state index is 3.67. The first-order valence-electron chi connectivity index (χ1n) is 7.44. The van der Waals surface area contributed by atoms with Crippen molar-refractivity contribution in [3.05, 3.63) is 71.8 Å². The van der Waals surface area contributed by atoms with E-state index in [-0.39, 0.29) is 0 Å². The number of hydrogen-bond donors (Lipinski definition) is 1. The minimum atomic E-state index is 0.624. The minimum absolute atomic E-state index is 0.624. The van der Waals surface area contributed by atoms with Crippen molar-refractivity contribution >= 4 is 0 Å². The first-order chi connectivity index (χ1) is 9.90. The summed E-state index contributed by atoms with van der Waals surface area (Å²) in [6.07, 6.45) is 1.25. The second-order valence-corrected chi connectivity index (χ2v) is 5.57. The van der Waals surface area contributed by atoms with Gasteiger partial charge in [-0.05, 0) is 17.5 Å². The molecule has 1 N–H and O–H groups in total. The second kappa shape index (κ2) is 6.69. The van der Waals surface area contributed by atoms with Crippen molar-refractivity contribution in [3.63, 3.8) is 0 Å². The first kappa shape index (κ1) is 13.3. The van der Waals surface area contributed by atoms with Crippen LogP contribution in [0.2, 0.25) is 0 Å². The summed E-state index contributed by atoms with van der Waals surface area (Å²) in [5, 5.41) is 3.67. The van der Waals surface area contributed by atoms with E-state index in [1.54, 1.807) is 0 Å². The Morgan fingerprint density at radius 3 is 2.25 bits per heavy atom. The van der Waals surface area contributed by atoms with Gasteiger partial charge in [0.1, 0.15) is 0 Å². The summed E-state index contributed by atoms with van der Waals surface area (Å²) in [6, 6.07) is 22.0. The van der Waals surface area contributed by atoms with E-state index in [1.165, 1.54) is 24.1 Å². The lowest BCUT2D eigenvalue weighted by Gasteiger charge is -2.16. The normalized spacial score (nSPS) is 19.3. The van der Waals surface area contributed by atoms with Crippen LogP contribution in [0.4, 0.5) is 0 Å². The van der Waals surface area contributed by atoms with Crippen LogP contribution in [0.25, 0.3) is 0 Å². The molecule has 20 heavy (non-hydrogen) atoms. The van der Waals surface area contributed by atoms with Crippen LogP contribution in [-0.4, -0.2) is 24.0 Å². The average Bonchev–Trinajstić information content (AvgIpc) is 2.95. The van der Waals surface area contributed by atoms with Gasteiger partial charge in [-0.25, -0.2) is 0 Å². The highest BCUT2D eigenvalue weighted by atomic mass is 15.2. The van der Waals surface area contributed by atoms with E-state index in [1.807, 2.05) is 0 Å². The van der Waals surface area contributed by atoms with E-state index in [2.05, 4.69) is 70.9 Å². The van der Waals surface area contributed by atoms with Gasteiger partial charge in [0, 0.05) is 32.2 Å². The Bertz CT molecular complexity index is 509. The molecule has 0 bridgehead atoms. The van der Waals surface area contributed by atoms with Crippen molar-refractivity contribution in [3.8, 4) is 0 Å². The number of nitrogens with one attached hydrogen (secondary N) is 1. The predicted molar refractivity (Wildman–Crippen MR) is 83.4 cm³/mol. The maximum Gasteiger partial charge on any atom is 0.0234 e. The molecule has 1 aliphatic rings. The van der Waals surface area contributed by atoms with Crippen LogP contribution < -0.4 is 5.32 Å². The quantitative estimate of drug-likeness (QED) is 0.895. The number of nitrogens with zero attached hydrogens (tertiary/aromatic N) is 1. The van der Waals surface area contributed by atoms with E-state index in [0.29, 0.717) is 6.04 Å². The monoisotopic (exact) mass is 266 g/mol. The standard InChI is InChI=1S/C18H22N2/c1-3-7-16(8-4-1)13-19-18-11-12-20(15-18)14-17-9-5-2-6-10-17/h1-10,18-19H,11-15H2/t18-/m0/s1. The van der Waals surface area contributed by atoms with Gasteiger partial charge >= 0.3 is 0 Å². The topological polar surface area (TPSA) is 15.3 Å². The maximum absolute atomic E-state index is 3.67. The number of likely N-dealkylation sites (tertiary alicyclic amines) is 1. The Kier molecular flexibility index (Phi) is 4.46. The molecule has 1 atom stereocenters. The highest BCUT2D eigenvalue weighted by molar-refractivity contribution is 5.15. The molecule has 2 nitrogen and oxygen atoms in total. The summed E-state index contributed by atoms with van der Waals surface area (Å²) in [4.78, 5) is 2.54. The molecule has 1 heterocycles. The molecular weight excluding hydrogens is 244 g/mol. The number of benzene rings is 2. The molecule has 0 amide bonds. The van der Waals surface area contributed by atoms with Crippen molar-refractivity contribution in [2.75, 3.05) is 13.1 Å². The third-order valence-electron chi connectivity index (χ3n) is 3.96. The molecule has 0 spiro atoms. The third kappa shape index (κ3) is 3.69. The molecule has 0 unspecified atom stereocenters. The van der Waals surface area contributed by atoms with Gasteiger partial charge in [0.25, 0.3) is 0 Å². The highest BCUT2D eigenvalue weighted by Crippen LogP contribution is 2.14.